The van der Waals surface area contributed by atoms with Gasteiger partial charge in [0.1, 0.15) is 0 Å². The largest absolute Gasteiger partial charge is 0.392 e. The van der Waals surface area contributed by atoms with Gasteiger partial charge < -0.3 is 10.0 Å². The molecule has 0 bridgehead atoms. The Morgan fingerprint density at radius 3 is 2.69 bits per heavy atom. The predicted molar refractivity (Wildman–Crippen MR) is 68.0 cm³/mol. The Balaban J connectivity index is 2.19. The highest BCUT2D eigenvalue weighted by atomic mass is 35.5. The van der Waals surface area contributed by atoms with Gasteiger partial charge in [0.05, 0.1) is 6.61 Å². The van der Waals surface area contributed by atoms with Crippen LogP contribution in [0.25, 0.3) is 0 Å². The maximum Gasteiger partial charge on any atom is 0.0702 e. The van der Waals surface area contributed by atoms with Crippen molar-refractivity contribution in [2.24, 2.45) is 5.92 Å². The van der Waals surface area contributed by atoms with Crippen molar-refractivity contribution >= 4 is 17.3 Å². The Hall–Kier alpha value is -0.730. The molecule has 3 heteroatoms. The van der Waals surface area contributed by atoms with Crippen LogP contribution in [0.15, 0.2) is 18.2 Å². The Bertz CT molecular complexity index is 359. The molecule has 2 nitrogen and oxygen atoms in total. The van der Waals surface area contributed by atoms with Gasteiger partial charge in [-0.2, -0.15) is 0 Å². The summed E-state index contributed by atoms with van der Waals surface area (Å²) in [6.07, 6.45) is 2.46. The molecule has 1 aromatic carbocycles. The third-order valence-corrected chi connectivity index (χ3v) is 3.57. The normalized spacial score (nSPS) is 17.8. The predicted octanol–water partition coefficient (Wildman–Crippen LogP) is 3.07. The number of anilines is 1. The van der Waals surface area contributed by atoms with Crippen LogP contribution < -0.4 is 4.90 Å². The molecule has 0 amide bonds. The van der Waals surface area contributed by atoms with Gasteiger partial charge in [-0.1, -0.05) is 18.5 Å². The Kier molecular flexibility index (Phi) is 3.72. The smallest absolute Gasteiger partial charge is 0.0702 e. The first-order valence-electron chi connectivity index (χ1n) is 5.85. The molecule has 0 spiro atoms. The molecule has 0 unspecified atom stereocenters. The van der Waals surface area contributed by atoms with Crippen LogP contribution in [0, 0.1) is 5.92 Å². The summed E-state index contributed by atoms with van der Waals surface area (Å²) in [6.45, 7) is 4.51. The van der Waals surface area contributed by atoms with Gasteiger partial charge in [-0.05, 0) is 37.0 Å². The molecule has 1 aromatic rings. The summed E-state index contributed by atoms with van der Waals surface area (Å²) in [5, 5.41) is 10.0. The molecule has 0 aromatic heterocycles. The van der Waals surface area contributed by atoms with Crippen LogP contribution in [-0.4, -0.2) is 18.2 Å². The summed E-state index contributed by atoms with van der Waals surface area (Å²) in [6, 6.07) is 5.77. The van der Waals surface area contributed by atoms with Gasteiger partial charge in [-0.3, -0.25) is 0 Å². The second kappa shape index (κ2) is 5.07. The number of nitrogens with zero attached hydrogens (tertiary/aromatic N) is 1. The van der Waals surface area contributed by atoms with Gasteiger partial charge in [0.25, 0.3) is 0 Å². The number of hydrogen-bond donors (Lipinski definition) is 1. The van der Waals surface area contributed by atoms with Crippen LogP contribution in [0.3, 0.4) is 0 Å². The molecule has 1 saturated heterocycles. The Labute approximate surface area is 102 Å². The van der Waals surface area contributed by atoms with Crippen molar-refractivity contribution in [3.05, 3.63) is 28.8 Å². The van der Waals surface area contributed by atoms with E-state index in [0.717, 1.165) is 30.3 Å². The van der Waals surface area contributed by atoms with Crippen molar-refractivity contribution in [3.63, 3.8) is 0 Å². The fourth-order valence-electron chi connectivity index (χ4n) is 2.24. The van der Waals surface area contributed by atoms with Crippen molar-refractivity contribution in [1.82, 2.24) is 0 Å². The maximum atomic E-state index is 9.34. The van der Waals surface area contributed by atoms with Crippen molar-refractivity contribution in [3.8, 4) is 0 Å². The van der Waals surface area contributed by atoms with Gasteiger partial charge in [0, 0.05) is 29.4 Å². The molecule has 0 saturated carbocycles. The van der Waals surface area contributed by atoms with Gasteiger partial charge in [0.2, 0.25) is 0 Å². The van der Waals surface area contributed by atoms with E-state index in [-0.39, 0.29) is 6.61 Å². The number of rotatable bonds is 2. The van der Waals surface area contributed by atoms with E-state index in [2.05, 4.69) is 11.8 Å². The van der Waals surface area contributed by atoms with Crippen molar-refractivity contribution in [2.75, 3.05) is 18.0 Å². The molecular weight excluding hydrogens is 222 g/mol. The first-order chi connectivity index (χ1) is 7.70. The zero-order chi connectivity index (χ0) is 11.5. The summed E-state index contributed by atoms with van der Waals surface area (Å²) in [5.41, 5.74) is 2.07. The van der Waals surface area contributed by atoms with Crippen molar-refractivity contribution in [2.45, 2.75) is 26.4 Å². The molecule has 2 rings (SSSR count). The topological polar surface area (TPSA) is 23.5 Å². The molecule has 0 radical (unpaired) electrons. The SMILES string of the molecule is CC1CCN(c2ccc(Cl)cc2CO)CC1. The summed E-state index contributed by atoms with van der Waals surface area (Å²) >= 11 is 5.93. The number of piperidine rings is 1. The van der Waals surface area contributed by atoms with Crippen LogP contribution in [-0.2, 0) is 6.61 Å². The zero-order valence-electron chi connectivity index (χ0n) is 9.62. The van der Waals surface area contributed by atoms with E-state index in [1.54, 1.807) is 0 Å². The quantitative estimate of drug-likeness (QED) is 0.858. The van der Waals surface area contributed by atoms with Crippen molar-refractivity contribution < 1.29 is 5.11 Å². The van der Waals surface area contributed by atoms with E-state index in [0.29, 0.717) is 5.02 Å². The summed E-state index contributed by atoms with van der Waals surface area (Å²) in [4.78, 5) is 2.35. The highest BCUT2D eigenvalue weighted by Crippen LogP contribution is 2.28. The van der Waals surface area contributed by atoms with Gasteiger partial charge in [-0.15, -0.1) is 0 Å². The maximum absolute atomic E-state index is 9.34. The summed E-state index contributed by atoms with van der Waals surface area (Å²) < 4.78 is 0. The van der Waals surface area contributed by atoms with Crippen molar-refractivity contribution in [1.29, 1.82) is 0 Å². The summed E-state index contributed by atoms with van der Waals surface area (Å²) in [5.74, 6) is 0.820. The van der Waals surface area contributed by atoms with Crippen LogP contribution in [0.1, 0.15) is 25.3 Å². The molecule has 88 valence electrons. The third kappa shape index (κ3) is 2.50. The molecule has 1 N–H and O–H groups in total. The minimum Gasteiger partial charge on any atom is -0.392 e. The summed E-state index contributed by atoms with van der Waals surface area (Å²) in [7, 11) is 0. The van der Waals surface area contributed by atoms with E-state index in [9.17, 15) is 5.11 Å². The van der Waals surface area contributed by atoms with E-state index in [1.165, 1.54) is 12.8 Å². The standard InChI is InChI=1S/C13H18ClNO/c1-10-4-6-15(7-5-10)13-3-2-12(14)8-11(13)9-16/h2-3,8,10,16H,4-7,9H2,1H3. The first-order valence-corrected chi connectivity index (χ1v) is 6.22. The molecule has 1 aliphatic rings. The molecule has 1 heterocycles. The lowest BCUT2D eigenvalue weighted by Crippen LogP contribution is -2.33. The number of aliphatic hydroxyl groups is 1. The first kappa shape index (κ1) is 11.7. The molecule has 0 aliphatic carbocycles. The number of hydrogen-bond acceptors (Lipinski definition) is 2. The Morgan fingerprint density at radius 2 is 2.06 bits per heavy atom. The number of aliphatic hydroxyl groups excluding tert-OH is 1. The minimum absolute atomic E-state index is 0.0575. The van der Waals surface area contributed by atoms with Crippen LogP contribution in [0.2, 0.25) is 5.02 Å². The van der Waals surface area contributed by atoms with Crippen LogP contribution in [0.5, 0.6) is 0 Å². The molecular formula is C13H18ClNO. The lowest BCUT2D eigenvalue weighted by molar-refractivity contribution is 0.281. The lowest BCUT2D eigenvalue weighted by Gasteiger charge is -2.33. The lowest BCUT2D eigenvalue weighted by atomic mass is 9.98. The molecule has 0 atom stereocenters. The second-order valence-corrected chi connectivity index (χ2v) is 5.04. The highest BCUT2D eigenvalue weighted by Gasteiger charge is 2.18. The number of benzene rings is 1. The molecule has 16 heavy (non-hydrogen) atoms. The van der Waals surface area contributed by atoms with E-state index >= 15 is 0 Å². The monoisotopic (exact) mass is 239 g/mol. The van der Waals surface area contributed by atoms with E-state index in [4.69, 9.17) is 11.6 Å². The number of halogens is 1. The van der Waals surface area contributed by atoms with E-state index in [1.807, 2.05) is 18.2 Å². The average Bonchev–Trinajstić information content (AvgIpc) is 2.30. The third-order valence-electron chi connectivity index (χ3n) is 3.34. The van der Waals surface area contributed by atoms with E-state index < -0.39 is 0 Å². The molecule has 1 aliphatic heterocycles. The van der Waals surface area contributed by atoms with Crippen LogP contribution in [0.4, 0.5) is 5.69 Å². The zero-order valence-corrected chi connectivity index (χ0v) is 10.4. The fraction of sp³-hybridized carbons (Fsp3) is 0.538. The second-order valence-electron chi connectivity index (χ2n) is 4.60. The van der Waals surface area contributed by atoms with Gasteiger partial charge >= 0.3 is 0 Å². The fourth-order valence-corrected chi connectivity index (χ4v) is 2.43. The van der Waals surface area contributed by atoms with Gasteiger partial charge in [0.15, 0.2) is 0 Å². The molecule has 1 fully saturated rings. The average molecular weight is 240 g/mol. The van der Waals surface area contributed by atoms with Crippen LogP contribution >= 0.6 is 11.6 Å². The van der Waals surface area contributed by atoms with Gasteiger partial charge in [-0.25, -0.2) is 0 Å². The Morgan fingerprint density at radius 1 is 1.38 bits per heavy atom. The minimum atomic E-state index is 0.0575. The highest BCUT2D eigenvalue weighted by molar-refractivity contribution is 6.30.